The molecule has 0 saturated carbocycles. The largest absolute Gasteiger partial charge is 0.654 e. The standard InChI is InChI=1S/C25H45N10O4.C20H22ClNO5/c1-24(2,35-21(38)18(29-5)13-16-14-30-15-32-16)19(36)10-6-7-12-33-25(3,4)22(39)34-17(20(26)37)9-8-11-31-23(27)28;1-12(22-10-16(23)14-3-2-4-15(21)9-14)7-13-5-6-17-18(8-13)26-11-19(27-17)20(24)25/h14-15,17-18,33H,6-13H2,1-5H3,(H2,26,37)(H,30,32)(H,34,39)(H,35,38)(H4,27,28,31);2-6,8-9,12,16,19,22-23H,7,10-11H2,1H3,(H,24,25)/q-1;/t17-,18-;12-,16+,19-/m01/s1. The number of amides is 3. The number of ketones is 1. The highest BCUT2D eigenvalue weighted by Gasteiger charge is 2.32. The van der Waals surface area contributed by atoms with Gasteiger partial charge in [0.1, 0.15) is 12.6 Å². The lowest BCUT2D eigenvalue weighted by Crippen LogP contribution is -2.57. The number of ether oxygens (including phenoxy) is 2. The average Bonchev–Trinajstić information content (AvgIpc) is 3.78. The number of carboxylic acid groups (broad SMARTS) is 1. The Kier molecular flexibility index (Phi) is 21.8. The lowest BCUT2D eigenvalue weighted by Gasteiger charge is -2.32. The number of aliphatic hydroxyl groups excluding tert-OH is 1. The molecule has 0 unspecified atom stereocenters. The molecule has 0 bridgehead atoms. The Hall–Kier alpha value is -5.80. The van der Waals surface area contributed by atoms with E-state index in [-0.39, 0.29) is 42.6 Å². The van der Waals surface area contributed by atoms with Crippen LogP contribution in [0.5, 0.6) is 11.5 Å². The van der Waals surface area contributed by atoms with Gasteiger partial charge < -0.3 is 68.5 Å². The number of hydrogen-bond donors (Lipinski definition) is 10. The van der Waals surface area contributed by atoms with Crippen molar-refractivity contribution in [3.8, 4) is 11.5 Å². The molecule has 364 valence electrons. The van der Waals surface area contributed by atoms with Crippen molar-refractivity contribution in [3.05, 3.63) is 82.1 Å². The molecule has 21 heteroatoms. The summed E-state index contributed by atoms with van der Waals surface area (Å²) in [6.45, 7) is 9.96. The maximum Gasteiger partial charge on any atom is 0.348 e. The summed E-state index contributed by atoms with van der Waals surface area (Å²) in [6.07, 6.45) is 4.86. The second kappa shape index (κ2) is 26.4. The summed E-state index contributed by atoms with van der Waals surface area (Å²) in [5.74, 6) is -1.54. The summed E-state index contributed by atoms with van der Waals surface area (Å²) in [6, 6.07) is 11.3. The molecule has 0 saturated heterocycles. The van der Waals surface area contributed by atoms with Gasteiger partial charge in [0.2, 0.25) is 23.8 Å². The van der Waals surface area contributed by atoms with E-state index in [1.165, 1.54) is 6.33 Å². The molecule has 3 aromatic rings. The molecule has 20 nitrogen and oxygen atoms in total. The molecule has 1 aliphatic heterocycles. The zero-order chi connectivity index (χ0) is 49.0. The van der Waals surface area contributed by atoms with E-state index in [1.54, 1.807) is 59.1 Å². The van der Waals surface area contributed by atoms with Gasteiger partial charge in [-0.2, -0.15) is 7.05 Å². The first-order valence-electron chi connectivity index (χ1n) is 21.8. The summed E-state index contributed by atoms with van der Waals surface area (Å²) in [5, 5.41) is 36.0. The van der Waals surface area contributed by atoms with Crippen LogP contribution >= 0.6 is 11.6 Å². The van der Waals surface area contributed by atoms with Crippen LogP contribution in [-0.2, 0) is 36.8 Å². The van der Waals surface area contributed by atoms with Crippen molar-refractivity contribution in [2.24, 2.45) is 22.2 Å². The zero-order valence-corrected chi connectivity index (χ0v) is 39.3. The number of hydrogen-bond acceptors (Lipinski definition) is 12. The molecule has 1 aromatic heterocycles. The Bertz CT molecular complexity index is 2080. The van der Waals surface area contributed by atoms with Gasteiger partial charge >= 0.3 is 5.97 Å². The third-order valence-corrected chi connectivity index (χ3v) is 10.9. The van der Waals surface area contributed by atoms with Crippen LogP contribution in [-0.4, -0.2) is 124 Å². The van der Waals surface area contributed by atoms with Gasteiger partial charge in [-0.1, -0.05) is 29.8 Å². The van der Waals surface area contributed by atoms with E-state index in [0.29, 0.717) is 68.3 Å². The summed E-state index contributed by atoms with van der Waals surface area (Å²) >= 11 is 5.96. The van der Waals surface area contributed by atoms with Gasteiger partial charge in [0.25, 0.3) is 0 Å². The van der Waals surface area contributed by atoms with Crippen molar-refractivity contribution in [1.29, 1.82) is 0 Å². The van der Waals surface area contributed by atoms with E-state index in [2.05, 4.69) is 41.5 Å². The van der Waals surface area contributed by atoms with Crippen LogP contribution in [0.4, 0.5) is 0 Å². The van der Waals surface area contributed by atoms with Gasteiger partial charge in [0.15, 0.2) is 23.2 Å². The van der Waals surface area contributed by atoms with Gasteiger partial charge in [-0.05, 0) is 121 Å². The number of unbranched alkanes of at least 4 members (excludes halogenated alkanes) is 1. The number of aromatic nitrogens is 2. The zero-order valence-electron chi connectivity index (χ0n) is 38.6. The highest BCUT2D eigenvalue weighted by Crippen LogP contribution is 2.33. The number of benzene rings is 2. The second-order valence-corrected chi connectivity index (χ2v) is 17.5. The number of aliphatic hydroxyl groups is 1. The Morgan fingerprint density at radius 1 is 1.02 bits per heavy atom. The van der Waals surface area contributed by atoms with Crippen molar-refractivity contribution in [1.82, 2.24) is 31.2 Å². The van der Waals surface area contributed by atoms with Gasteiger partial charge in [-0.15, -0.1) is 0 Å². The van der Waals surface area contributed by atoms with Crippen LogP contribution in [0.2, 0.25) is 5.02 Å². The normalized spacial score (nSPS) is 15.2. The predicted molar refractivity (Wildman–Crippen MR) is 251 cm³/mol. The number of aliphatic imine (C=N–C) groups is 1. The van der Waals surface area contributed by atoms with E-state index in [0.717, 1.165) is 23.2 Å². The van der Waals surface area contributed by atoms with E-state index >= 15 is 0 Å². The number of H-pyrrole nitrogens is 1. The number of fused-ring (bicyclic) bond motifs is 1. The Morgan fingerprint density at radius 2 is 1.76 bits per heavy atom. The summed E-state index contributed by atoms with van der Waals surface area (Å²) < 4.78 is 10.9. The van der Waals surface area contributed by atoms with Gasteiger partial charge in [-0.25, -0.2) is 9.78 Å². The number of nitrogens with zero attached hydrogens (tertiary/aromatic N) is 3. The minimum atomic E-state index is -1.05. The highest BCUT2D eigenvalue weighted by molar-refractivity contribution is 6.30. The number of nitrogens with two attached hydrogens (primary N) is 3. The smallest absolute Gasteiger partial charge is 0.348 e. The quantitative estimate of drug-likeness (QED) is 0.0314. The molecule has 0 radical (unpaired) electrons. The third kappa shape index (κ3) is 18.6. The SMILES string of the molecule is C[C@H](Cc1ccc2c(c1)OC[C@H](C(=O)O)O2)NC[C@H](O)c1cccc(Cl)c1.C[N-][C@@H](Cc1cnc[nH]1)C(=O)NC(C)(C)C(=O)CCCCNC(C)(C)C(=O)N[C@@H](CCCN=C(N)N)C(N)=O. The minimum Gasteiger partial charge on any atom is -0.654 e. The Labute approximate surface area is 391 Å². The fraction of sp³-hybridized carbons (Fsp3) is 0.533. The predicted octanol–water partition coefficient (Wildman–Crippen LogP) is 2.17. The van der Waals surface area contributed by atoms with E-state index in [9.17, 15) is 29.1 Å². The third-order valence-electron chi connectivity index (χ3n) is 10.7. The molecular weight excluding hydrogens is 874 g/mol. The molecular formula is C45H67ClN11O9-. The van der Waals surface area contributed by atoms with Crippen LogP contribution in [0.25, 0.3) is 5.32 Å². The lowest BCUT2D eigenvalue weighted by molar-refractivity contribution is -0.147. The molecule has 3 amide bonds. The van der Waals surface area contributed by atoms with E-state index in [1.807, 2.05) is 31.2 Å². The molecule has 0 spiro atoms. The van der Waals surface area contributed by atoms with E-state index in [4.69, 9.17) is 43.4 Å². The van der Waals surface area contributed by atoms with Crippen molar-refractivity contribution in [2.45, 2.75) is 121 Å². The van der Waals surface area contributed by atoms with Crippen LogP contribution in [0.3, 0.4) is 0 Å². The number of Topliss-reactive ketones (excluding diaryl/α,β-unsaturated/α-hetero) is 1. The van der Waals surface area contributed by atoms with Crippen molar-refractivity contribution in [3.63, 3.8) is 0 Å². The number of aliphatic carboxylic acids is 1. The second-order valence-electron chi connectivity index (χ2n) is 17.1. The maximum atomic E-state index is 12.8. The first kappa shape index (κ1) is 54.5. The number of aromatic amines is 1. The number of carbonyl (C=O) groups excluding carboxylic acids is 4. The lowest BCUT2D eigenvalue weighted by atomic mass is 9.94. The van der Waals surface area contributed by atoms with E-state index < -0.39 is 47.2 Å². The number of nitrogens with one attached hydrogen (secondary N) is 5. The highest BCUT2D eigenvalue weighted by atomic mass is 35.5. The summed E-state index contributed by atoms with van der Waals surface area (Å²) in [4.78, 5) is 71.8. The van der Waals surface area contributed by atoms with Crippen LogP contribution in [0.15, 0.2) is 60.0 Å². The average molecular weight is 942 g/mol. The molecule has 13 N–H and O–H groups in total. The maximum absolute atomic E-state index is 12.8. The number of carbonyl (C=O) groups is 5. The van der Waals surface area contributed by atoms with Crippen LogP contribution in [0.1, 0.15) is 89.6 Å². The Balaban J connectivity index is 0.000000372. The van der Waals surface area contributed by atoms with Crippen LogP contribution < -0.4 is 47.9 Å². The molecule has 0 fully saturated rings. The molecule has 1 aliphatic rings. The number of primary amides is 1. The molecule has 5 atom stereocenters. The van der Waals surface area contributed by atoms with Crippen LogP contribution in [0, 0.1) is 0 Å². The first-order valence-corrected chi connectivity index (χ1v) is 22.1. The summed E-state index contributed by atoms with van der Waals surface area (Å²) in [5.41, 5.74) is 16.6. The number of imidazole rings is 1. The van der Waals surface area contributed by atoms with Crippen molar-refractivity contribution < 1.29 is 43.7 Å². The fourth-order valence-electron chi connectivity index (χ4n) is 6.63. The minimum absolute atomic E-state index is 0.00851. The van der Waals surface area contributed by atoms with Crippen molar-refractivity contribution in [2.75, 3.05) is 33.3 Å². The Morgan fingerprint density at radius 3 is 2.39 bits per heavy atom. The number of halogens is 1. The summed E-state index contributed by atoms with van der Waals surface area (Å²) in [7, 11) is 1.56. The molecule has 66 heavy (non-hydrogen) atoms. The fourth-order valence-corrected chi connectivity index (χ4v) is 6.83. The van der Waals surface area contributed by atoms with Gasteiger partial charge in [0.05, 0.1) is 23.5 Å². The number of guanidine groups is 1. The molecule has 2 aromatic carbocycles. The molecule has 4 rings (SSSR count). The topological polar surface area (TPSA) is 326 Å². The first-order chi connectivity index (χ1) is 31.1. The van der Waals surface area contributed by atoms with Gasteiger partial charge in [-0.3, -0.25) is 24.2 Å². The molecule has 0 aliphatic carbocycles. The molecule has 2 heterocycles. The number of likely N-dealkylation sites (N-methyl/N-ethyl adjacent to an activating group) is 1. The monoisotopic (exact) mass is 940 g/mol. The number of carboxylic acids is 1. The van der Waals surface area contributed by atoms with Gasteiger partial charge in [0, 0.05) is 42.5 Å². The number of rotatable bonds is 26. The van der Waals surface area contributed by atoms with Crippen molar-refractivity contribution >= 4 is 47.0 Å².